The van der Waals surface area contributed by atoms with Gasteiger partial charge in [0.05, 0.1) is 0 Å². The molecule has 1 aliphatic heterocycles. The average Bonchev–Trinajstić information content (AvgIpc) is 2.28. The quantitative estimate of drug-likeness (QED) is 0.486. The molecule has 0 aromatic heterocycles. The molecule has 1 fully saturated rings. The summed E-state index contributed by atoms with van der Waals surface area (Å²) in [5.41, 5.74) is 0. The van der Waals surface area contributed by atoms with Crippen LogP contribution in [0.1, 0.15) is 12.8 Å². The molecule has 9 heteroatoms. The Morgan fingerprint density at radius 1 is 1.08 bits per heavy atom. The van der Waals surface area contributed by atoms with Gasteiger partial charge in [0.2, 0.25) is 0 Å². The van der Waals surface area contributed by atoms with Crippen molar-refractivity contribution in [3.05, 3.63) is 0 Å². The summed E-state index contributed by atoms with van der Waals surface area (Å²) in [7, 11) is -9.90. The first-order chi connectivity index (χ1) is 5.71. The molecule has 13 heavy (non-hydrogen) atoms. The van der Waals surface area contributed by atoms with Gasteiger partial charge in [-0.3, -0.25) is 9.13 Å². The predicted molar refractivity (Wildman–Crippen MR) is 42.0 cm³/mol. The van der Waals surface area contributed by atoms with Crippen molar-refractivity contribution in [3.8, 4) is 0 Å². The van der Waals surface area contributed by atoms with Crippen LogP contribution in [0.4, 0.5) is 0 Å². The highest BCUT2D eigenvalue weighted by molar-refractivity contribution is 7.72. The summed E-state index contributed by atoms with van der Waals surface area (Å²) in [5, 5.41) is -2.60. The van der Waals surface area contributed by atoms with Crippen LogP contribution in [0.2, 0.25) is 0 Å². The van der Waals surface area contributed by atoms with E-state index in [1.807, 2.05) is 0 Å². The highest BCUT2D eigenvalue weighted by Crippen LogP contribution is 2.72. The molecule has 0 radical (unpaired) electrons. The maximum Gasteiger partial charge on any atom is 0.369 e. The van der Waals surface area contributed by atoms with E-state index in [9.17, 15) is 9.13 Å². The van der Waals surface area contributed by atoms with Crippen LogP contribution in [-0.4, -0.2) is 31.3 Å². The lowest BCUT2D eigenvalue weighted by atomic mass is 10.4. The molecule has 7 nitrogen and oxygen atoms in total. The second-order valence-electron chi connectivity index (χ2n) is 2.78. The van der Waals surface area contributed by atoms with Crippen LogP contribution in [-0.2, 0) is 13.9 Å². The van der Waals surface area contributed by atoms with Gasteiger partial charge in [0.15, 0.2) is 0 Å². The summed E-state index contributed by atoms with van der Waals surface area (Å²) in [6.45, 7) is -0.0454. The average molecular weight is 232 g/mol. The minimum absolute atomic E-state index is 0.0454. The van der Waals surface area contributed by atoms with Crippen molar-refractivity contribution in [2.24, 2.45) is 0 Å². The summed E-state index contributed by atoms with van der Waals surface area (Å²) in [4.78, 5) is 35.2. The molecule has 78 valence electrons. The van der Waals surface area contributed by atoms with Gasteiger partial charge in [0.1, 0.15) is 0 Å². The van der Waals surface area contributed by atoms with Gasteiger partial charge in [0.25, 0.3) is 5.08 Å². The van der Waals surface area contributed by atoms with Crippen molar-refractivity contribution in [1.29, 1.82) is 0 Å². The van der Waals surface area contributed by atoms with Crippen LogP contribution >= 0.6 is 15.2 Å². The maximum absolute atomic E-state index is 10.9. The molecule has 0 atom stereocenters. The summed E-state index contributed by atoms with van der Waals surface area (Å²) >= 11 is 0. The van der Waals surface area contributed by atoms with Crippen molar-refractivity contribution in [1.82, 2.24) is 0 Å². The Hall–Kier alpha value is 0.260. The Morgan fingerprint density at radius 2 is 1.54 bits per heavy atom. The Kier molecular flexibility index (Phi) is 2.74. The molecule has 0 spiro atoms. The van der Waals surface area contributed by atoms with E-state index < -0.39 is 20.3 Å². The fraction of sp³-hybridized carbons (Fsp3) is 1.00. The van der Waals surface area contributed by atoms with E-state index in [2.05, 4.69) is 4.74 Å². The molecule has 0 aromatic carbocycles. The maximum atomic E-state index is 10.9. The first-order valence-electron chi connectivity index (χ1n) is 3.46. The summed E-state index contributed by atoms with van der Waals surface area (Å²) in [5.74, 6) is 0. The van der Waals surface area contributed by atoms with Crippen LogP contribution in [0, 0.1) is 0 Å². The van der Waals surface area contributed by atoms with Gasteiger partial charge in [-0.1, -0.05) is 0 Å². The number of rotatable bonds is 2. The number of hydrogen-bond donors (Lipinski definition) is 4. The van der Waals surface area contributed by atoms with Gasteiger partial charge in [-0.25, -0.2) is 0 Å². The molecular weight excluding hydrogens is 222 g/mol. The topological polar surface area (TPSA) is 124 Å². The molecular formula is C4H10O7P2. The molecule has 1 heterocycles. The Balaban J connectivity index is 3.18. The van der Waals surface area contributed by atoms with Crippen molar-refractivity contribution < 1.29 is 33.4 Å². The van der Waals surface area contributed by atoms with E-state index in [0.29, 0.717) is 0 Å². The second kappa shape index (κ2) is 3.14. The number of hydrogen-bond acceptors (Lipinski definition) is 3. The number of ether oxygens (including phenoxy) is 1. The molecule has 0 aliphatic carbocycles. The lowest BCUT2D eigenvalue weighted by Gasteiger charge is -2.28. The molecule has 0 aromatic rings. The first-order valence-corrected chi connectivity index (χ1v) is 6.68. The Bertz CT molecular complexity index is 257. The van der Waals surface area contributed by atoms with Gasteiger partial charge in [-0.15, -0.1) is 0 Å². The zero-order chi connectivity index (χ0) is 10.3. The Labute approximate surface area is 74.0 Å². The Morgan fingerprint density at radius 3 is 1.69 bits per heavy atom. The molecule has 1 aliphatic rings. The molecule has 0 saturated carbocycles. The van der Waals surface area contributed by atoms with E-state index in [1.54, 1.807) is 0 Å². The third kappa shape index (κ3) is 1.74. The second-order valence-corrected chi connectivity index (χ2v) is 6.76. The predicted octanol–water partition coefficient (Wildman–Crippen LogP) is -0.194. The van der Waals surface area contributed by atoms with E-state index in [-0.39, 0.29) is 19.4 Å². The minimum atomic E-state index is -4.95. The fourth-order valence-electron chi connectivity index (χ4n) is 1.24. The first kappa shape index (κ1) is 11.3. The van der Waals surface area contributed by atoms with Gasteiger partial charge in [0, 0.05) is 13.0 Å². The van der Waals surface area contributed by atoms with Gasteiger partial charge in [-0.2, -0.15) is 0 Å². The largest absolute Gasteiger partial charge is 0.369 e. The van der Waals surface area contributed by atoms with E-state index in [0.717, 1.165) is 0 Å². The lowest BCUT2D eigenvalue weighted by molar-refractivity contribution is 0.0862. The summed E-state index contributed by atoms with van der Waals surface area (Å²) < 4.78 is 26.3. The minimum Gasteiger partial charge on any atom is -0.352 e. The molecule has 1 rings (SSSR count). The van der Waals surface area contributed by atoms with E-state index >= 15 is 0 Å². The van der Waals surface area contributed by atoms with Crippen LogP contribution < -0.4 is 0 Å². The van der Waals surface area contributed by atoms with Crippen molar-refractivity contribution in [3.63, 3.8) is 0 Å². The lowest BCUT2D eigenvalue weighted by Crippen LogP contribution is -2.27. The zero-order valence-corrected chi connectivity index (χ0v) is 8.32. The highest BCUT2D eigenvalue weighted by Gasteiger charge is 2.63. The van der Waals surface area contributed by atoms with Gasteiger partial charge < -0.3 is 24.3 Å². The van der Waals surface area contributed by atoms with Crippen molar-refractivity contribution >= 4 is 15.2 Å². The van der Waals surface area contributed by atoms with Crippen LogP contribution in [0.25, 0.3) is 0 Å². The third-order valence-electron chi connectivity index (χ3n) is 1.89. The SMILES string of the molecule is O=P(O)(O)C1(P(=O)(O)O)CCCO1. The molecule has 0 unspecified atom stereocenters. The molecule has 0 bridgehead atoms. The van der Waals surface area contributed by atoms with Crippen LogP contribution in [0.5, 0.6) is 0 Å². The normalized spacial score (nSPS) is 23.4. The van der Waals surface area contributed by atoms with Gasteiger partial charge in [-0.05, 0) is 6.42 Å². The third-order valence-corrected chi connectivity index (χ3v) is 5.98. The molecule has 4 N–H and O–H groups in total. The fourth-order valence-corrected chi connectivity index (χ4v) is 4.01. The molecule has 1 saturated heterocycles. The van der Waals surface area contributed by atoms with Gasteiger partial charge >= 0.3 is 15.2 Å². The summed E-state index contributed by atoms with van der Waals surface area (Å²) in [6.07, 6.45) is -0.0855. The van der Waals surface area contributed by atoms with E-state index in [1.165, 1.54) is 0 Å². The zero-order valence-electron chi connectivity index (χ0n) is 6.53. The van der Waals surface area contributed by atoms with E-state index in [4.69, 9.17) is 19.6 Å². The standard InChI is InChI=1S/C4H10O7P2/c5-12(6,7)4(13(8,9)10)2-1-3-11-4/h1-3H2,(H2,5,6,7)(H2,8,9,10). The highest BCUT2D eigenvalue weighted by atomic mass is 31.2. The van der Waals surface area contributed by atoms with Crippen LogP contribution in [0.15, 0.2) is 0 Å². The van der Waals surface area contributed by atoms with Crippen LogP contribution in [0.3, 0.4) is 0 Å². The monoisotopic (exact) mass is 232 g/mol. The summed E-state index contributed by atoms with van der Waals surface area (Å²) in [6, 6.07) is 0. The van der Waals surface area contributed by atoms with Crippen molar-refractivity contribution in [2.75, 3.05) is 6.61 Å². The smallest absolute Gasteiger partial charge is 0.352 e. The van der Waals surface area contributed by atoms with Crippen molar-refractivity contribution in [2.45, 2.75) is 17.9 Å². The molecule has 0 amide bonds.